The Labute approximate surface area is 115 Å². The van der Waals surface area contributed by atoms with Crippen LogP contribution in [0.25, 0.3) is 0 Å². The van der Waals surface area contributed by atoms with Crippen LogP contribution in [0.3, 0.4) is 0 Å². The van der Waals surface area contributed by atoms with Gasteiger partial charge in [0.15, 0.2) is 5.78 Å². The number of ketones is 1. The van der Waals surface area contributed by atoms with Crippen molar-refractivity contribution in [3.05, 3.63) is 29.8 Å². The fourth-order valence-electron chi connectivity index (χ4n) is 1.72. The summed E-state index contributed by atoms with van der Waals surface area (Å²) in [5.74, 6) is 0.862. The van der Waals surface area contributed by atoms with E-state index in [0.717, 1.165) is 5.75 Å². The van der Waals surface area contributed by atoms with E-state index >= 15 is 0 Å². The lowest BCUT2D eigenvalue weighted by Crippen LogP contribution is -2.46. The number of benzene rings is 1. The number of methoxy groups -OCH3 is 1. The molecule has 102 valence electrons. The molecular weight excluding hydrogens is 250 g/mol. The zero-order valence-electron chi connectivity index (χ0n) is 11.6. The summed E-state index contributed by atoms with van der Waals surface area (Å²) in [5.41, 5.74) is 0.636. The van der Waals surface area contributed by atoms with Crippen LogP contribution in [0.15, 0.2) is 24.3 Å². The van der Waals surface area contributed by atoms with E-state index in [1.54, 1.807) is 31.4 Å². The van der Waals surface area contributed by atoms with Crippen molar-refractivity contribution in [2.75, 3.05) is 7.11 Å². The minimum absolute atomic E-state index is 0. The van der Waals surface area contributed by atoms with Crippen LogP contribution in [0.2, 0.25) is 0 Å². The second kappa shape index (κ2) is 6.76. The van der Waals surface area contributed by atoms with Gasteiger partial charge in [-0.25, -0.2) is 0 Å². The van der Waals surface area contributed by atoms with Crippen LogP contribution in [-0.4, -0.2) is 24.5 Å². The van der Waals surface area contributed by atoms with Crippen molar-refractivity contribution < 1.29 is 9.53 Å². The molecule has 0 aliphatic rings. The number of carbonyl (C=O) groups excluding carboxylic acids is 1. The second-order valence-corrected chi connectivity index (χ2v) is 5.21. The van der Waals surface area contributed by atoms with Gasteiger partial charge in [-0.15, -0.1) is 12.4 Å². The van der Waals surface area contributed by atoms with E-state index in [4.69, 9.17) is 4.74 Å². The molecule has 0 aliphatic carbocycles. The minimum atomic E-state index is -0.191. The normalized spacial score (nSPS) is 12.5. The lowest BCUT2D eigenvalue weighted by Gasteiger charge is -2.25. The van der Waals surface area contributed by atoms with E-state index in [-0.39, 0.29) is 29.8 Å². The first-order valence-electron chi connectivity index (χ1n) is 5.79. The number of hydrogen-bond donors (Lipinski definition) is 1. The number of carbonyl (C=O) groups is 1. The molecule has 1 atom stereocenters. The van der Waals surface area contributed by atoms with Gasteiger partial charge < -0.3 is 10.1 Å². The molecule has 18 heavy (non-hydrogen) atoms. The van der Waals surface area contributed by atoms with Crippen molar-refractivity contribution in [1.29, 1.82) is 0 Å². The van der Waals surface area contributed by atoms with Crippen LogP contribution in [0, 0.1) is 0 Å². The fraction of sp³-hybridized carbons (Fsp3) is 0.500. The Kier molecular flexibility index (Phi) is 6.36. The van der Waals surface area contributed by atoms with Gasteiger partial charge in [0.25, 0.3) is 0 Å². The van der Waals surface area contributed by atoms with Crippen LogP contribution in [0.5, 0.6) is 5.75 Å². The zero-order valence-corrected chi connectivity index (χ0v) is 12.4. The average molecular weight is 272 g/mol. The molecule has 1 aromatic rings. The van der Waals surface area contributed by atoms with Gasteiger partial charge in [-0.2, -0.15) is 0 Å². The molecule has 4 heteroatoms. The monoisotopic (exact) mass is 271 g/mol. The Morgan fingerprint density at radius 1 is 1.22 bits per heavy atom. The Morgan fingerprint density at radius 2 is 1.72 bits per heavy atom. The highest BCUT2D eigenvalue weighted by Gasteiger charge is 2.20. The summed E-state index contributed by atoms with van der Waals surface area (Å²) in [6.07, 6.45) is 0. The Balaban J connectivity index is 0.00000289. The highest BCUT2D eigenvalue weighted by Crippen LogP contribution is 2.13. The van der Waals surface area contributed by atoms with Crippen molar-refractivity contribution in [3.63, 3.8) is 0 Å². The van der Waals surface area contributed by atoms with Gasteiger partial charge in [-0.1, -0.05) is 0 Å². The first kappa shape index (κ1) is 16.9. The summed E-state index contributed by atoms with van der Waals surface area (Å²) in [6.45, 7) is 8.03. The van der Waals surface area contributed by atoms with Crippen molar-refractivity contribution in [2.24, 2.45) is 0 Å². The summed E-state index contributed by atoms with van der Waals surface area (Å²) < 4.78 is 5.06. The van der Waals surface area contributed by atoms with Crippen molar-refractivity contribution in [1.82, 2.24) is 5.32 Å². The standard InChI is InChI=1S/C14H21NO2.ClH/c1-10(15-14(2,3)4)13(16)11-6-8-12(17-5)9-7-11;/h6-10,15H,1-5H3;1H. The molecule has 1 rings (SSSR count). The maximum absolute atomic E-state index is 12.1. The molecule has 0 aliphatic heterocycles. The van der Waals surface area contributed by atoms with Crippen molar-refractivity contribution in [3.8, 4) is 5.75 Å². The van der Waals surface area contributed by atoms with Crippen molar-refractivity contribution in [2.45, 2.75) is 39.3 Å². The average Bonchev–Trinajstić information content (AvgIpc) is 2.26. The van der Waals surface area contributed by atoms with Gasteiger partial charge in [0.2, 0.25) is 0 Å². The lowest BCUT2D eigenvalue weighted by atomic mass is 10.0. The summed E-state index contributed by atoms with van der Waals surface area (Å²) in [5, 5.41) is 3.27. The summed E-state index contributed by atoms with van der Waals surface area (Å²) in [7, 11) is 1.61. The van der Waals surface area contributed by atoms with E-state index in [2.05, 4.69) is 5.32 Å². The van der Waals surface area contributed by atoms with Crippen LogP contribution in [0.1, 0.15) is 38.1 Å². The van der Waals surface area contributed by atoms with Gasteiger partial charge in [0.05, 0.1) is 13.2 Å². The summed E-state index contributed by atoms with van der Waals surface area (Å²) in [6, 6.07) is 7.00. The van der Waals surface area contributed by atoms with Crippen LogP contribution < -0.4 is 10.1 Å². The molecule has 0 saturated heterocycles. The first-order valence-corrected chi connectivity index (χ1v) is 5.79. The quantitative estimate of drug-likeness (QED) is 0.856. The molecule has 0 heterocycles. The van der Waals surface area contributed by atoms with Crippen LogP contribution in [0.4, 0.5) is 0 Å². The lowest BCUT2D eigenvalue weighted by molar-refractivity contribution is 0.0935. The van der Waals surface area contributed by atoms with E-state index in [0.29, 0.717) is 5.56 Å². The molecule has 0 spiro atoms. The molecule has 0 bridgehead atoms. The van der Waals surface area contributed by atoms with E-state index in [9.17, 15) is 4.79 Å². The summed E-state index contributed by atoms with van der Waals surface area (Å²) >= 11 is 0. The Morgan fingerprint density at radius 3 is 2.11 bits per heavy atom. The first-order chi connectivity index (χ1) is 7.83. The third kappa shape index (κ3) is 5.07. The SMILES string of the molecule is COc1ccc(C(=O)C(C)NC(C)(C)C)cc1.Cl. The van der Waals surface area contributed by atoms with E-state index in [1.165, 1.54) is 0 Å². The highest BCUT2D eigenvalue weighted by atomic mass is 35.5. The second-order valence-electron chi connectivity index (χ2n) is 5.21. The number of ether oxygens (including phenoxy) is 1. The maximum atomic E-state index is 12.1. The predicted octanol–water partition coefficient (Wildman–Crippen LogP) is 3.08. The number of rotatable bonds is 4. The molecule has 1 unspecified atom stereocenters. The van der Waals surface area contributed by atoms with Crippen LogP contribution >= 0.6 is 12.4 Å². The molecule has 1 N–H and O–H groups in total. The Hall–Kier alpha value is -1.06. The fourth-order valence-corrected chi connectivity index (χ4v) is 1.72. The topological polar surface area (TPSA) is 38.3 Å². The molecule has 0 amide bonds. The minimum Gasteiger partial charge on any atom is -0.497 e. The molecule has 0 saturated carbocycles. The molecular formula is C14H22ClNO2. The Bertz CT molecular complexity index is 382. The number of halogens is 1. The molecule has 0 aromatic heterocycles. The van der Waals surface area contributed by atoms with E-state index in [1.807, 2.05) is 27.7 Å². The van der Waals surface area contributed by atoms with Crippen LogP contribution in [-0.2, 0) is 0 Å². The van der Waals surface area contributed by atoms with Crippen molar-refractivity contribution >= 4 is 18.2 Å². The predicted molar refractivity (Wildman–Crippen MR) is 76.9 cm³/mol. The number of nitrogens with one attached hydrogen (secondary N) is 1. The third-order valence-electron chi connectivity index (χ3n) is 2.42. The number of Topliss-reactive ketones (excluding diaryl/α,β-unsaturated/α-hetero) is 1. The molecule has 0 fully saturated rings. The van der Waals surface area contributed by atoms with Gasteiger partial charge >= 0.3 is 0 Å². The van der Waals surface area contributed by atoms with Gasteiger partial charge in [0.1, 0.15) is 5.75 Å². The summed E-state index contributed by atoms with van der Waals surface area (Å²) in [4.78, 5) is 12.1. The largest absolute Gasteiger partial charge is 0.497 e. The maximum Gasteiger partial charge on any atom is 0.179 e. The molecule has 1 aromatic carbocycles. The van der Waals surface area contributed by atoms with Gasteiger partial charge in [0, 0.05) is 11.1 Å². The third-order valence-corrected chi connectivity index (χ3v) is 2.42. The van der Waals surface area contributed by atoms with E-state index < -0.39 is 0 Å². The smallest absolute Gasteiger partial charge is 0.179 e. The van der Waals surface area contributed by atoms with Gasteiger partial charge in [-0.05, 0) is 52.0 Å². The number of hydrogen-bond acceptors (Lipinski definition) is 3. The van der Waals surface area contributed by atoms with Gasteiger partial charge in [-0.3, -0.25) is 4.79 Å². The highest BCUT2D eigenvalue weighted by molar-refractivity contribution is 6.00. The zero-order chi connectivity index (χ0) is 13.1. The molecule has 3 nitrogen and oxygen atoms in total. The molecule has 0 radical (unpaired) electrons.